The molecule has 0 saturated carbocycles. The topological polar surface area (TPSA) is 40.1 Å². The van der Waals surface area contributed by atoms with Gasteiger partial charge >= 0.3 is 6.18 Å². The van der Waals surface area contributed by atoms with E-state index in [9.17, 15) is 13.2 Å². The maximum Gasteiger partial charge on any atom is 0.401 e. The van der Waals surface area contributed by atoms with Gasteiger partial charge in [-0.2, -0.15) is 13.2 Å². The number of nitrogens with zero attached hydrogens (tertiary/aromatic N) is 3. The third-order valence-electron chi connectivity index (χ3n) is 5.30. The molecule has 0 aromatic heterocycles. The van der Waals surface area contributed by atoms with Gasteiger partial charge in [-0.3, -0.25) is 9.89 Å². The lowest BCUT2D eigenvalue weighted by molar-refractivity contribution is -0.143. The highest BCUT2D eigenvalue weighted by Gasteiger charge is 2.35. The summed E-state index contributed by atoms with van der Waals surface area (Å²) < 4.78 is 42.9. The van der Waals surface area contributed by atoms with Crippen molar-refractivity contribution in [2.45, 2.75) is 31.0 Å². The van der Waals surface area contributed by atoms with Crippen LogP contribution in [0.15, 0.2) is 29.3 Å². The summed E-state index contributed by atoms with van der Waals surface area (Å²) in [6.07, 6.45) is -2.42. The van der Waals surface area contributed by atoms with E-state index in [1.165, 1.54) is 10.5 Å². The van der Waals surface area contributed by atoms with E-state index in [1.807, 2.05) is 12.1 Å². The van der Waals surface area contributed by atoms with Gasteiger partial charge in [0, 0.05) is 45.2 Å². The molecule has 2 unspecified atom stereocenters. The second kappa shape index (κ2) is 8.37. The predicted octanol–water partition coefficient (Wildman–Crippen LogP) is 2.70. The molecular weight excluding hydrogens is 357 g/mol. The van der Waals surface area contributed by atoms with Crippen LogP contribution in [0.4, 0.5) is 13.2 Å². The molecule has 2 fully saturated rings. The van der Waals surface area contributed by atoms with E-state index in [0.717, 1.165) is 31.2 Å². The van der Waals surface area contributed by atoms with Gasteiger partial charge in [0.2, 0.25) is 0 Å². The fourth-order valence-electron chi connectivity index (χ4n) is 3.93. The molecule has 8 heteroatoms. The average Bonchev–Trinajstić information content (AvgIpc) is 3.28. The zero-order valence-corrected chi connectivity index (χ0v) is 15.8. The summed E-state index contributed by atoms with van der Waals surface area (Å²) in [6, 6.07) is 8.13. The third kappa shape index (κ3) is 5.28. The Morgan fingerprint density at radius 2 is 1.93 bits per heavy atom. The molecule has 0 bridgehead atoms. The first-order valence-corrected chi connectivity index (χ1v) is 9.29. The SMILES string of the molecule is CN=C(NC1CCN(CC(F)(F)F)C1)N1CCC(c2ccc(OC)cc2)C1. The molecule has 1 aromatic carbocycles. The van der Waals surface area contributed by atoms with Crippen molar-refractivity contribution in [2.75, 3.05) is 46.9 Å². The van der Waals surface area contributed by atoms with Gasteiger partial charge in [-0.15, -0.1) is 0 Å². The maximum atomic E-state index is 12.6. The summed E-state index contributed by atoms with van der Waals surface area (Å²) >= 11 is 0. The van der Waals surface area contributed by atoms with Crippen molar-refractivity contribution in [3.8, 4) is 5.75 Å². The van der Waals surface area contributed by atoms with Crippen molar-refractivity contribution in [1.29, 1.82) is 0 Å². The Hall–Kier alpha value is -1.96. The summed E-state index contributed by atoms with van der Waals surface area (Å²) in [4.78, 5) is 8.01. The number of ether oxygens (including phenoxy) is 1. The molecule has 2 atom stereocenters. The number of hydrogen-bond donors (Lipinski definition) is 1. The Morgan fingerprint density at radius 3 is 2.56 bits per heavy atom. The second-order valence-electron chi connectivity index (χ2n) is 7.23. The van der Waals surface area contributed by atoms with Crippen LogP contribution < -0.4 is 10.1 Å². The van der Waals surface area contributed by atoms with Gasteiger partial charge in [-0.05, 0) is 30.5 Å². The van der Waals surface area contributed by atoms with Crippen molar-refractivity contribution in [3.05, 3.63) is 29.8 Å². The van der Waals surface area contributed by atoms with Gasteiger partial charge in [0.05, 0.1) is 13.7 Å². The minimum Gasteiger partial charge on any atom is -0.497 e. The highest BCUT2D eigenvalue weighted by molar-refractivity contribution is 5.80. The number of alkyl halides is 3. The first kappa shape index (κ1) is 19.8. The predicted molar refractivity (Wildman–Crippen MR) is 99.3 cm³/mol. The monoisotopic (exact) mass is 384 g/mol. The Kier molecular flexibility index (Phi) is 6.14. The molecule has 0 radical (unpaired) electrons. The van der Waals surface area contributed by atoms with E-state index in [0.29, 0.717) is 25.4 Å². The van der Waals surface area contributed by atoms with Gasteiger partial charge in [0.15, 0.2) is 5.96 Å². The molecule has 5 nitrogen and oxygen atoms in total. The average molecular weight is 384 g/mol. The minimum atomic E-state index is -4.14. The van der Waals surface area contributed by atoms with Crippen LogP contribution in [0.1, 0.15) is 24.3 Å². The molecule has 0 amide bonds. The first-order chi connectivity index (χ1) is 12.9. The molecule has 3 rings (SSSR count). The minimum absolute atomic E-state index is 0.00564. The number of benzene rings is 1. The third-order valence-corrected chi connectivity index (χ3v) is 5.30. The van der Waals surface area contributed by atoms with Crippen LogP contribution in [0.2, 0.25) is 0 Å². The standard InChI is InChI=1S/C19H27F3N4O/c1-23-18(24-16-8-9-25(12-16)13-19(20,21)22)26-10-7-15(11-26)14-3-5-17(27-2)6-4-14/h3-6,15-16H,7-13H2,1-2H3,(H,23,24). The smallest absolute Gasteiger partial charge is 0.401 e. The first-order valence-electron chi connectivity index (χ1n) is 9.29. The summed E-state index contributed by atoms with van der Waals surface area (Å²) in [5.41, 5.74) is 1.27. The molecule has 1 aromatic rings. The molecule has 2 aliphatic heterocycles. The van der Waals surface area contributed by atoms with Gasteiger partial charge in [0.1, 0.15) is 5.75 Å². The van der Waals surface area contributed by atoms with E-state index in [-0.39, 0.29) is 6.04 Å². The number of aliphatic imine (C=N–C) groups is 1. The molecule has 1 N–H and O–H groups in total. The largest absolute Gasteiger partial charge is 0.497 e. The Morgan fingerprint density at radius 1 is 1.19 bits per heavy atom. The molecule has 150 valence electrons. The normalized spacial score (nSPS) is 24.5. The van der Waals surface area contributed by atoms with Crippen molar-refractivity contribution in [3.63, 3.8) is 0 Å². The second-order valence-corrected chi connectivity index (χ2v) is 7.23. The van der Waals surface area contributed by atoms with Crippen LogP contribution in [-0.2, 0) is 0 Å². The van der Waals surface area contributed by atoms with Crippen LogP contribution in [0.3, 0.4) is 0 Å². The van der Waals surface area contributed by atoms with Gasteiger partial charge < -0.3 is 15.0 Å². The number of nitrogens with one attached hydrogen (secondary N) is 1. The molecule has 0 spiro atoms. The molecule has 0 aliphatic carbocycles. The number of likely N-dealkylation sites (tertiary alicyclic amines) is 2. The maximum absolute atomic E-state index is 12.6. The van der Waals surface area contributed by atoms with Crippen molar-refractivity contribution in [1.82, 2.24) is 15.1 Å². The highest BCUT2D eigenvalue weighted by atomic mass is 19.4. The summed E-state index contributed by atoms with van der Waals surface area (Å²) in [5, 5.41) is 3.36. The van der Waals surface area contributed by atoms with Crippen LogP contribution in [-0.4, -0.2) is 74.9 Å². The number of halogens is 3. The fraction of sp³-hybridized carbons (Fsp3) is 0.632. The fourth-order valence-corrected chi connectivity index (χ4v) is 3.93. The van der Waals surface area contributed by atoms with Crippen molar-refractivity contribution in [2.24, 2.45) is 4.99 Å². The van der Waals surface area contributed by atoms with Crippen molar-refractivity contribution >= 4 is 5.96 Å². The van der Waals surface area contributed by atoms with E-state index in [1.54, 1.807) is 14.2 Å². The number of guanidine groups is 1. The summed E-state index contributed by atoms with van der Waals surface area (Å²) in [5.74, 6) is 2.04. The molecular formula is C19H27F3N4O. The molecule has 2 aliphatic rings. The summed E-state index contributed by atoms with van der Waals surface area (Å²) in [6.45, 7) is 1.75. The van der Waals surface area contributed by atoms with Crippen molar-refractivity contribution < 1.29 is 17.9 Å². The van der Waals surface area contributed by atoms with E-state index < -0.39 is 12.7 Å². The Balaban J connectivity index is 1.53. The lowest BCUT2D eigenvalue weighted by Gasteiger charge is -2.25. The van der Waals surface area contributed by atoms with E-state index >= 15 is 0 Å². The van der Waals surface area contributed by atoms with Gasteiger partial charge in [-0.25, -0.2) is 0 Å². The summed E-state index contributed by atoms with van der Waals surface area (Å²) in [7, 11) is 3.38. The van der Waals surface area contributed by atoms with Gasteiger partial charge in [-0.1, -0.05) is 12.1 Å². The molecule has 2 saturated heterocycles. The number of rotatable bonds is 4. The van der Waals surface area contributed by atoms with E-state index in [2.05, 4.69) is 27.3 Å². The van der Waals surface area contributed by atoms with E-state index in [4.69, 9.17) is 4.74 Å². The molecule has 27 heavy (non-hydrogen) atoms. The zero-order chi connectivity index (χ0) is 19.4. The number of hydrogen-bond acceptors (Lipinski definition) is 3. The zero-order valence-electron chi connectivity index (χ0n) is 15.8. The van der Waals surface area contributed by atoms with Crippen LogP contribution >= 0.6 is 0 Å². The lowest BCUT2D eigenvalue weighted by Crippen LogP contribution is -2.46. The lowest BCUT2D eigenvalue weighted by atomic mass is 9.98. The molecule has 2 heterocycles. The Bertz CT molecular complexity index is 647. The van der Waals surface area contributed by atoms with Crippen LogP contribution in [0.5, 0.6) is 5.75 Å². The Labute approximate surface area is 158 Å². The van der Waals surface area contributed by atoms with Crippen LogP contribution in [0, 0.1) is 0 Å². The number of methoxy groups -OCH3 is 1. The van der Waals surface area contributed by atoms with Gasteiger partial charge in [0.25, 0.3) is 0 Å². The quantitative estimate of drug-likeness (QED) is 0.640. The highest BCUT2D eigenvalue weighted by Crippen LogP contribution is 2.28. The van der Waals surface area contributed by atoms with Crippen LogP contribution in [0.25, 0.3) is 0 Å².